The second-order valence-electron chi connectivity index (χ2n) is 6.12. The summed E-state index contributed by atoms with van der Waals surface area (Å²) in [6.45, 7) is 0.0176. The van der Waals surface area contributed by atoms with Gasteiger partial charge in [0.05, 0.1) is 25.5 Å². The van der Waals surface area contributed by atoms with E-state index in [4.69, 9.17) is 9.47 Å². The smallest absolute Gasteiger partial charge is 0.335 e. The van der Waals surface area contributed by atoms with Gasteiger partial charge in [0, 0.05) is 30.8 Å². The second-order valence-corrected chi connectivity index (χ2v) is 6.12. The number of carboxylic acids is 1. The van der Waals surface area contributed by atoms with E-state index in [1.807, 2.05) is 6.07 Å². The zero-order chi connectivity index (χ0) is 19.6. The Morgan fingerprint density at radius 3 is 2.56 bits per heavy atom. The Labute approximate surface area is 156 Å². The molecule has 1 heterocycles. The normalized spacial score (nSPS) is 13.5. The number of nitrogens with zero attached hydrogens (tertiary/aromatic N) is 2. The minimum absolute atomic E-state index is 0.0176. The van der Waals surface area contributed by atoms with Crippen LogP contribution in [0.2, 0.25) is 0 Å². The summed E-state index contributed by atoms with van der Waals surface area (Å²) in [5.41, 5.74) is 3.12. The maximum absolute atomic E-state index is 12.3. The molecule has 1 amide bonds. The number of benzene rings is 2. The van der Waals surface area contributed by atoms with Crippen molar-refractivity contribution in [2.45, 2.75) is 6.42 Å². The van der Waals surface area contributed by atoms with Gasteiger partial charge in [0.1, 0.15) is 6.54 Å². The van der Waals surface area contributed by atoms with Gasteiger partial charge in [-0.2, -0.15) is 0 Å². The molecule has 0 saturated heterocycles. The molecule has 0 aromatic heterocycles. The fraction of sp³-hybridized carbons (Fsp3) is 0.250. The quantitative estimate of drug-likeness (QED) is 0.876. The molecule has 0 unspecified atom stereocenters. The molecule has 1 aliphatic heterocycles. The first-order valence-corrected chi connectivity index (χ1v) is 8.33. The van der Waals surface area contributed by atoms with Crippen LogP contribution in [0.4, 0.5) is 5.69 Å². The van der Waals surface area contributed by atoms with Crippen LogP contribution < -0.4 is 14.4 Å². The largest absolute Gasteiger partial charge is 0.493 e. The van der Waals surface area contributed by atoms with E-state index in [1.165, 1.54) is 7.11 Å². The molecule has 1 aliphatic rings. The van der Waals surface area contributed by atoms with Crippen LogP contribution in [-0.2, 0) is 11.2 Å². The van der Waals surface area contributed by atoms with Gasteiger partial charge in [-0.05, 0) is 23.8 Å². The predicted octanol–water partition coefficient (Wildman–Crippen LogP) is 2.41. The zero-order valence-corrected chi connectivity index (χ0v) is 15.4. The van der Waals surface area contributed by atoms with Gasteiger partial charge >= 0.3 is 5.97 Å². The molecule has 2 aromatic rings. The van der Waals surface area contributed by atoms with Crippen LogP contribution in [0.15, 0.2) is 41.4 Å². The lowest BCUT2D eigenvalue weighted by Gasteiger charge is -2.20. The van der Waals surface area contributed by atoms with E-state index in [0.717, 1.165) is 11.1 Å². The fourth-order valence-corrected chi connectivity index (χ4v) is 3.02. The Balaban J connectivity index is 2.09. The van der Waals surface area contributed by atoms with E-state index in [-0.39, 0.29) is 18.0 Å². The van der Waals surface area contributed by atoms with E-state index >= 15 is 0 Å². The van der Waals surface area contributed by atoms with E-state index in [1.54, 1.807) is 49.4 Å². The van der Waals surface area contributed by atoms with Gasteiger partial charge in [-0.25, -0.2) is 4.79 Å². The molecule has 7 nitrogen and oxygen atoms in total. The van der Waals surface area contributed by atoms with Gasteiger partial charge in [-0.3, -0.25) is 9.79 Å². The summed E-state index contributed by atoms with van der Waals surface area (Å²) < 4.78 is 10.7. The molecule has 0 spiro atoms. The third-order valence-corrected chi connectivity index (χ3v) is 4.50. The lowest BCUT2D eigenvalue weighted by molar-refractivity contribution is -0.116. The Hall–Kier alpha value is -3.35. The number of hydrogen-bond acceptors (Lipinski definition) is 5. The highest BCUT2D eigenvalue weighted by atomic mass is 16.5. The number of anilines is 1. The fourth-order valence-electron chi connectivity index (χ4n) is 3.02. The topological polar surface area (TPSA) is 88.4 Å². The average Bonchev–Trinajstić information content (AvgIpc) is 2.79. The molecule has 7 heteroatoms. The molecule has 0 atom stereocenters. The lowest BCUT2D eigenvalue weighted by atomic mass is 9.98. The van der Waals surface area contributed by atoms with Crippen molar-refractivity contribution in [3.63, 3.8) is 0 Å². The summed E-state index contributed by atoms with van der Waals surface area (Å²) >= 11 is 0. The van der Waals surface area contributed by atoms with Crippen molar-refractivity contribution in [3.05, 3.63) is 53.1 Å². The number of carboxylic acid groups (broad SMARTS) is 1. The first-order valence-electron chi connectivity index (χ1n) is 8.33. The molecule has 0 aliphatic carbocycles. The van der Waals surface area contributed by atoms with Gasteiger partial charge in [0.25, 0.3) is 0 Å². The van der Waals surface area contributed by atoms with Crippen molar-refractivity contribution in [2.24, 2.45) is 4.99 Å². The van der Waals surface area contributed by atoms with Crippen LogP contribution in [0, 0.1) is 0 Å². The van der Waals surface area contributed by atoms with Crippen LogP contribution in [0.3, 0.4) is 0 Å². The highest BCUT2D eigenvalue weighted by molar-refractivity contribution is 6.13. The number of aromatic carboxylic acids is 1. The molecule has 27 heavy (non-hydrogen) atoms. The van der Waals surface area contributed by atoms with E-state index in [0.29, 0.717) is 29.3 Å². The van der Waals surface area contributed by atoms with Crippen LogP contribution in [0.5, 0.6) is 11.5 Å². The van der Waals surface area contributed by atoms with Gasteiger partial charge in [0.2, 0.25) is 5.91 Å². The van der Waals surface area contributed by atoms with Gasteiger partial charge in [-0.15, -0.1) is 0 Å². The highest BCUT2D eigenvalue weighted by Gasteiger charge is 2.24. The van der Waals surface area contributed by atoms with Gasteiger partial charge in [-0.1, -0.05) is 12.1 Å². The zero-order valence-electron chi connectivity index (χ0n) is 15.4. The monoisotopic (exact) mass is 368 g/mol. The maximum Gasteiger partial charge on any atom is 0.335 e. The Morgan fingerprint density at radius 1 is 1.19 bits per heavy atom. The maximum atomic E-state index is 12.3. The molecule has 0 bridgehead atoms. The van der Waals surface area contributed by atoms with Gasteiger partial charge in [0.15, 0.2) is 11.5 Å². The first kappa shape index (κ1) is 18.4. The highest BCUT2D eigenvalue weighted by Crippen LogP contribution is 2.36. The van der Waals surface area contributed by atoms with Crippen molar-refractivity contribution >= 4 is 23.3 Å². The van der Waals surface area contributed by atoms with Crippen molar-refractivity contribution in [2.75, 3.05) is 32.7 Å². The molecular formula is C20H20N2O5. The van der Waals surface area contributed by atoms with Crippen LogP contribution >= 0.6 is 0 Å². The third-order valence-electron chi connectivity index (χ3n) is 4.50. The average molecular weight is 368 g/mol. The Bertz CT molecular complexity index is 936. The SMILES string of the molecule is COc1cc2c(cc1OC)N(C)C(=O)CN=C2Cc1cccc(C(=O)O)c1. The summed E-state index contributed by atoms with van der Waals surface area (Å²) in [5, 5.41) is 9.20. The van der Waals surface area contributed by atoms with Gasteiger partial charge < -0.3 is 19.5 Å². The summed E-state index contributed by atoms with van der Waals surface area (Å²) in [6.07, 6.45) is 0.394. The molecule has 3 rings (SSSR count). The van der Waals surface area contributed by atoms with Crippen molar-refractivity contribution in [1.29, 1.82) is 0 Å². The number of rotatable bonds is 5. The van der Waals surface area contributed by atoms with Crippen molar-refractivity contribution < 1.29 is 24.2 Å². The lowest BCUT2D eigenvalue weighted by Crippen LogP contribution is -2.27. The Morgan fingerprint density at radius 2 is 1.89 bits per heavy atom. The Kier molecular flexibility index (Phi) is 5.12. The standard InChI is InChI=1S/C20H20N2O5/c1-22-16-10-18(27-3)17(26-2)9-14(16)15(21-11-19(22)23)8-12-5-4-6-13(7-12)20(24)25/h4-7,9-10H,8,11H2,1-3H3,(H,24,25). The van der Waals surface area contributed by atoms with Crippen LogP contribution in [0.1, 0.15) is 21.5 Å². The number of fused-ring (bicyclic) bond motifs is 1. The van der Waals surface area contributed by atoms with E-state index in [2.05, 4.69) is 4.99 Å². The number of carbonyl (C=O) groups excluding carboxylic acids is 1. The number of carbonyl (C=O) groups is 2. The number of ether oxygens (including phenoxy) is 2. The number of benzodiazepines with no additional fused rings is 1. The van der Waals surface area contributed by atoms with Crippen molar-refractivity contribution in [1.82, 2.24) is 0 Å². The molecule has 0 saturated carbocycles. The first-order chi connectivity index (χ1) is 12.9. The summed E-state index contributed by atoms with van der Waals surface area (Å²) in [6, 6.07) is 10.2. The minimum atomic E-state index is -0.985. The summed E-state index contributed by atoms with van der Waals surface area (Å²) in [5.74, 6) is -0.0739. The summed E-state index contributed by atoms with van der Waals surface area (Å²) in [7, 11) is 4.77. The second kappa shape index (κ2) is 7.49. The number of hydrogen-bond donors (Lipinski definition) is 1. The number of methoxy groups -OCH3 is 2. The van der Waals surface area contributed by atoms with Crippen LogP contribution in [0.25, 0.3) is 0 Å². The third kappa shape index (κ3) is 3.62. The van der Waals surface area contributed by atoms with Crippen molar-refractivity contribution in [3.8, 4) is 11.5 Å². The predicted molar refractivity (Wildman–Crippen MR) is 101 cm³/mol. The molecule has 0 radical (unpaired) electrons. The minimum Gasteiger partial charge on any atom is -0.493 e. The van der Waals surface area contributed by atoms with E-state index < -0.39 is 5.97 Å². The molecular weight excluding hydrogens is 348 g/mol. The van der Waals surface area contributed by atoms with Crippen LogP contribution in [-0.4, -0.2) is 50.5 Å². The molecule has 140 valence electrons. The number of amides is 1. The number of aliphatic imine (C=N–C) groups is 1. The number of likely N-dealkylation sites (N-methyl/N-ethyl adjacent to an activating group) is 1. The molecule has 1 N–H and O–H groups in total. The molecule has 2 aromatic carbocycles. The summed E-state index contributed by atoms with van der Waals surface area (Å²) in [4.78, 5) is 29.6. The van der Waals surface area contributed by atoms with E-state index in [9.17, 15) is 14.7 Å². The molecule has 0 fully saturated rings.